The summed E-state index contributed by atoms with van der Waals surface area (Å²) in [6.07, 6.45) is 5.76. The molecule has 0 unspecified atom stereocenters. The number of nitrogens with two attached hydrogens (primary N) is 1. The summed E-state index contributed by atoms with van der Waals surface area (Å²) in [5, 5.41) is 3.03. The zero-order chi connectivity index (χ0) is 17.5. The molecule has 1 saturated carbocycles. The molecule has 1 aromatic heterocycles. The van der Waals surface area contributed by atoms with E-state index < -0.39 is 0 Å². The fraction of sp³-hybridized carbons (Fsp3) is 0.368. The largest absolute Gasteiger partial charge is 0.484 e. The average Bonchev–Trinajstić information content (AvgIpc) is 3.11. The van der Waals surface area contributed by atoms with Gasteiger partial charge in [-0.2, -0.15) is 0 Å². The molecule has 6 heteroatoms. The molecule has 0 saturated heterocycles. The molecule has 2 aromatic rings. The van der Waals surface area contributed by atoms with Gasteiger partial charge >= 0.3 is 0 Å². The summed E-state index contributed by atoms with van der Waals surface area (Å²) in [7, 11) is 0. The van der Waals surface area contributed by atoms with Crippen LogP contribution in [0.1, 0.15) is 25.7 Å². The van der Waals surface area contributed by atoms with Crippen LogP contribution in [0.2, 0.25) is 0 Å². The van der Waals surface area contributed by atoms with Crippen LogP contribution in [0.15, 0.2) is 48.7 Å². The Bertz CT molecular complexity index is 683. The van der Waals surface area contributed by atoms with Crippen molar-refractivity contribution in [2.24, 2.45) is 5.73 Å². The number of carbonyl (C=O) groups excluding carboxylic acids is 1. The van der Waals surface area contributed by atoms with Gasteiger partial charge in [0.15, 0.2) is 6.61 Å². The first-order valence-electron chi connectivity index (χ1n) is 8.52. The Hall–Kier alpha value is -2.60. The average molecular weight is 341 g/mol. The van der Waals surface area contributed by atoms with Crippen LogP contribution in [0.5, 0.6) is 17.4 Å². The van der Waals surface area contributed by atoms with E-state index in [0.717, 1.165) is 25.7 Å². The van der Waals surface area contributed by atoms with Gasteiger partial charge in [0.1, 0.15) is 11.5 Å². The summed E-state index contributed by atoms with van der Waals surface area (Å²) >= 11 is 0. The monoisotopic (exact) mass is 341 g/mol. The molecule has 0 bridgehead atoms. The van der Waals surface area contributed by atoms with Crippen molar-refractivity contribution in [1.82, 2.24) is 10.3 Å². The Balaban J connectivity index is 1.49. The molecule has 0 radical (unpaired) electrons. The molecule has 1 aliphatic rings. The topological polar surface area (TPSA) is 86.5 Å². The Morgan fingerprint density at radius 3 is 2.48 bits per heavy atom. The van der Waals surface area contributed by atoms with Crippen LogP contribution in [0.4, 0.5) is 0 Å². The van der Waals surface area contributed by atoms with E-state index in [9.17, 15) is 4.79 Å². The van der Waals surface area contributed by atoms with Gasteiger partial charge in [-0.15, -0.1) is 0 Å². The van der Waals surface area contributed by atoms with Crippen LogP contribution < -0.4 is 20.5 Å². The van der Waals surface area contributed by atoms with Crippen LogP contribution in [-0.2, 0) is 4.79 Å². The van der Waals surface area contributed by atoms with Crippen LogP contribution in [0.25, 0.3) is 0 Å². The molecule has 1 amide bonds. The predicted octanol–water partition coefficient (Wildman–Crippen LogP) is 2.64. The van der Waals surface area contributed by atoms with Gasteiger partial charge in [0.2, 0.25) is 5.88 Å². The minimum absolute atomic E-state index is 0.0256. The molecule has 3 N–H and O–H groups in total. The van der Waals surface area contributed by atoms with Crippen molar-refractivity contribution in [2.45, 2.75) is 31.2 Å². The van der Waals surface area contributed by atoms with Crippen LogP contribution >= 0.6 is 0 Å². The molecule has 1 aliphatic carbocycles. The first-order chi connectivity index (χ1) is 12.2. The van der Waals surface area contributed by atoms with E-state index in [0.29, 0.717) is 23.9 Å². The van der Waals surface area contributed by atoms with Gasteiger partial charge in [-0.1, -0.05) is 18.9 Å². The number of nitrogens with zero attached hydrogens (tertiary/aromatic N) is 1. The fourth-order valence-electron chi connectivity index (χ4n) is 3.04. The smallest absolute Gasteiger partial charge is 0.258 e. The maximum atomic E-state index is 12.1. The lowest BCUT2D eigenvalue weighted by molar-refractivity contribution is -0.124. The lowest BCUT2D eigenvalue weighted by atomic mass is 9.98. The molecule has 0 aliphatic heterocycles. The first-order valence-corrected chi connectivity index (χ1v) is 8.52. The third kappa shape index (κ3) is 4.70. The lowest BCUT2D eigenvalue weighted by Gasteiger charge is -2.28. The van der Waals surface area contributed by atoms with E-state index in [4.69, 9.17) is 15.2 Å². The molecule has 1 fully saturated rings. The van der Waals surface area contributed by atoms with Crippen molar-refractivity contribution in [3.8, 4) is 17.4 Å². The summed E-state index contributed by atoms with van der Waals surface area (Å²) < 4.78 is 11.2. The van der Waals surface area contributed by atoms with Gasteiger partial charge in [-0.05, 0) is 43.2 Å². The lowest BCUT2D eigenvalue weighted by Crippen LogP contribution is -2.52. The second-order valence-electron chi connectivity index (χ2n) is 6.27. The fourth-order valence-corrected chi connectivity index (χ4v) is 3.04. The number of nitrogens with one attached hydrogen (secondary N) is 1. The molecule has 0 atom stereocenters. The summed E-state index contributed by atoms with van der Waals surface area (Å²) in [5.41, 5.74) is 5.58. The summed E-state index contributed by atoms with van der Waals surface area (Å²) in [5.74, 6) is 1.65. The third-order valence-corrected chi connectivity index (χ3v) is 4.41. The first kappa shape index (κ1) is 17.2. The van der Waals surface area contributed by atoms with Crippen molar-refractivity contribution in [3.63, 3.8) is 0 Å². The van der Waals surface area contributed by atoms with Crippen molar-refractivity contribution >= 4 is 5.91 Å². The Labute approximate surface area is 147 Å². The number of hydrogen-bond donors (Lipinski definition) is 2. The number of rotatable bonds is 7. The molecule has 1 heterocycles. The van der Waals surface area contributed by atoms with E-state index in [1.807, 2.05) is 12.1 Å². The minimum atomic E-state index is -0.249. The number of benzene rings is 1. The number of pyridine rings is 1. The second kappa shape index (κ2) is 7.98. The third-order valence-electron chi connectivity index (χ3n) is 4.41. The van der Waals surface area contributed by atoms with E-state index in [1.54, 1.807) is 36.5 Å². The summed E-state index contributed by atoms with van der Waals surface area (Å²) in [4.78, 5) is 16.2. The summed E-state index contributed by atoms with van der Waals surface area (Å²) in [6.45, 7) is 0.445. The van der Waals surface area contributed by atoms with Gasteiger partial charge in [0.25, 0.3) is 5.91 Å². The van der Waals surface area contributed by atoms with Crippen molar-refractivity contribution in [2.75, 3.05) is 13.2 Å². The minimum Gasteiger partial charge on any atom is -0.484 e. The highest BCUT2D eigenvalue weighted by Crippen LogP contribution is 2.28. The predicted molar refractivity (Wildman–Crippen MR) is 94.6 cm³/mol. The molecule has 6 nitrogen and oxygen atoms in total. The SMILES string of the molecule is NCC1(NC(=O)COc2ccc(Oc3ccccn3)cc2)CCCC1. The number of aromatic nitrogens is 1. The highest BCUT2D eigenvalue weighted by Gasteiger charge is 2.33. The van der Waals surface area contributed by atoms with Gasteiger partial charge in [-0.25, -0.2) is 4.98 Å². The van der Waals surface area contributed by atoms with E-state index >= 15 is 0 Å². The maximum Gasteiger partial charge on any atom is 0.258 e. The van der Waals surface area contributed by atoms with Crippen molar-refractivity contribution in [1.29, 1.82) is 0 Å². The zero-order valence-corrected chi connectivity index (χ0v) is 14.1. The zero-order valence-electron chi connectivity index (χ0n) is 14.1. The van der Waals surface area contributed by atoms with Gasteiger partial charge in [-0.3, -0.25) is 4.79 Å². The van der Waals surface area contributed by atoms with Crippen molar-refractivity contribution < 1.29 is 14.3 Å². The normalized spacial score (nSPS) is 15.6. The molecule has 1 aromatic carbocycles. The molecule has 3 rings (SSSR count). The standard InChI is InChI=1S/C19H23N3O3/c20-14-19(10-2-3-11-19)22-17(23)13-24-15-6-8-16(9-7-15)25-18-5-1-4-12-21-18/h1,4-9,12H,2-3,10-11,13-14,20H2,(H,22,23). The molecule has 0 spiro atoms. The van der Waals surface area contributed by atoms with Gasteiger partial charge in [0.05, 0.1) is 5.54 Å². The van der Waals surface area contributed by atoms with Crippen molar-refractivity contribution in [3.05, 3.63) is 48.7 Å². The molecular formula is C19H23N3O3. The quantitative estimate of drug-likeness (QED) is 0.808. The highest BCUT2D eigenvalue weighted by atomic mass is 16.5. The number of ether oxygens (including phenoxy) is 2. The van der Waals surface area contributed by atoms with Crippen LogP contribution in [0.3, 0.4) is 0 Å². The van der Waals surface area contributed by atoms with Crippen LogP contribution in [0, 0.1) is 0 Å². The number of carbonyl (C=O) groups is 1. The van der Waals surface area contributed by atoms with Gasteiger partial charge < -0.3 is 20.5 Å². The maximum absolute atomic E-state index is 12.1. The Morgan fingerprint density at radius 1 is 1.12 bits per heavy atom. The van der Waals surface area contributed by atoms with Gasteiger partial charge in [0, 0.05) is 18.8 Å². The van der Waals surface area contributed by atoms with E-state index in [2.05, 4.69) is 10.3 Å². The van der Waals surface area contributed by atoms with Crippen LogP contribution in [-0.4, -0.2) is 29.6 Å². The highest BCUT2D eigenvalue weighted by molar-refractivity contribution is 5.78. The number of hydrogen-bond acceptors (Lipinski definition) is 5. The number of amides is 1. The molecule has 132 valence electrons. The summed E-state index contributed by atoms with van der Waals surface area (Å²) in [6, 6.07) is 12.6. The van der Waals surface area contributed by atoms with E-state index in [1.165, 1.54) is 0 Å². The Kier molecular flexibility index (Phi) is 5.50. The Morgan fingerprint density at radius 2 is 1.84 bits per heavy atom. The van der Waals surface area contributed by atoms with E-state index in [-0.39, 0.29) is 18.1 Å². The second-order valence-corrected chi connectivity index (χ2v) is 6.27. The molecular weight excluding hydrogens is 318 g/mol. The molecule has 25 heavy (non-hydrogen) atoms.